The van der Waals surface area contributed by atoms with Crippen molar-refractivity contribution in [1.82, 2.24) is 10.2 Å². The standard InChI is InChI=1S/C17H19IN2O5S/c1-17(18)9-26-16-14(15(24)20(16)11(17)7-13(22)23)19-12(21)8-25-10-5-3-2-4-6-10/h2-6,11,14,16H,7-9H2,1H3,(H,19,21)(H,22,23)/t11-,14+,16-,17+/m0/s1. The zero-order valence-corrected chi connectivity index (χ0v) is 17.0. The first-order valence-electron chi connectivity index (χ1n) is 8.11. The van der Waals surface area contributed by atoms with Gasteiger partial charge in [-0.3, -0.25) is 14.4 Å². The number of nitrogens with zero attached hydrogens (tertiary/aromatic N) is 1. The highest BCUT2D eigenvalue weighted by atomic mass is 127. The summed E-state index contributed by atoms with van der Waals surface area (Å²) in [5.41, 5.74) is 0. The number of nitrogens with one attached hydrogen (secondary N) is 1. The number of benzene rings is 1. The molecule has 7 nitrogen and oxygen atoms in total. The first kappa shape index (κ1) is 19.3. The van der Waals surface area contributed by atoms with Crippen molar-refractivity contribution < 1.29 is 24.2 Å². The Kier molecular flexibility index (Phi) is 5.66. The van der Waals surface area contributed by atoms with Crippen molar-refractivity contribution in [2.75, 3.05) is 12.4 Å². The van der Waals surface area contributed by atoms with Crippen molar-refractivity contribution in [1.29, 1.82) is 0 Å². The van der Waals surface area contributed by atoms with Crippen molar-refractivity contribution in [2.24, 2.45) is 0 Å². The van der Waals surface area contributed by atoms with Gasteiger partial charge in [-0.05, 0) is 19.1 Å². The summed E-state index contributed by atoms with van der Waals surface area (Å²) in [5.74, 6) is -0.236. The average molecular weight is 490 g/mol. The molecule has 1 aromatic rings. The number of fused-ring (bicyclic) bond motifs is 1. The molecule has 2 heterocycles. The number of carbonyl (C=O) groups is 3. The first-order chi connectivity index (χ1) is 12.3. The van der Waals surface area contributed by atoms with Crippen LogP contribution in [0.25, 0.3) is 0 Å². The van der Waals surface area contributed by atoms with Gasteiger partial charge in [-0.25, -0.2) is 0 Å². The minimum absolute atomic E-state index is 0.0972. The van der Waals surface area contributed by atoms with Crippen molar-refractivity contribution in [3.63, 3.8) is 0 Å². The third-order valence-corrected chi connectivity index (χ3v) is 7.67. The molecule has 0 unspecified atom stereocenters. The summed E-state index contributed by atoms with van der Waals surface area (Å²) in [6, 6.07) is 7.95. The van der Waals surface area contributed by atoms with Crippen LogP contribution in [-0.2, 0) is 14.4 Å². The smallest absolute Gasteiger partial charge is 0.305 e. The highest BCUT2D eigenvalue weighted by Gasteiger charge is 2.58. The van der Waals surface area contributed by atoms with Gasteiger partial charge < -0.3 is 20.1 Å². The van der Waals surface area contributed by atoms with Crippen LogP contribution in [0, 0.1) is 0 Å². The molecular weight excluding hydrogens is 471 g/mol. The number of hydrogen-bond donors (Lipinski definition) is 2. The Morgan fingerprint density at radius 2 is 2.12 bits per heavy atom. The molecule has 3 rings (SSSR count). The monoisotopic (exact) mass is 490 g/mol. The van der Waals surface area contributed by atoms with E-state index in [0.717, 1.165) is 0 Å². The largest absolute Gasteiger partial charge is 0.484 e. The van der Waals surface area contributed by atoms with Gasteiger partial charge in [-0.15, -0.1) is 11.8 Å². The number of carboxylic acids is 1. The van der Waals surface area contributed by atoms with Gasteiger partial charge in [0.2, 0.25) is 5.91 Å². The van der Waals surface area contributed by atoms with E-state index in [1.54, 1.807) is 28.8 Å². The Bertz CT molecular complexity index is 714. The van der Waals surface area contributed by atoms with E-state index in [1.165, 1.54) is 0 Å². The van der Waals surface area contributed by atoms with Crippen LogP contribution in [0.1, 0.15) is 13.3 Å². The van der Waals surface area contributed by atoms with Gasteiger partial charge in [0.15, 0.2) is 6.61 Å². The summed E-state index contributed by atoms with van der Waals surface area (Å²) in [6.45, 7) is 1.78. The number of thioether (sulfide) groups is 1. The Morgan fingerprint density at radius 1 is 1.42 bits per heavy atom. The molecule has 0 saturated carbocycles. The molecule has 9 heteroatoms. The van der Waals surface area contributed by atoms with E-state index in [-0.39, 0.29) is 39.7 Å². The second kappa shape index (κ2) is 7.63. The van der Waals surface area contributed by atoms with Crippen LogP contribution in [0.15, 0.2) is 30.3 Å². The fraction of sp³-hybridized carbons (Fsp3) is 0.471. The van der Waals surface area contributed by atoms with Crippen molar-refractivity contribution >= 4 is 52.1 Å². The van der Waals surface area contributed by atoms with E-state index in [4.69, 9.17) is 9.84 Å². The molecule has 140 valence electrons. The van der Waals surface area contributed by atoms with E-state index < -0.39 is 12.0 Å². The number of alkyl halides is 1. The molecule has 2 N–H and O–H groups in total. The zero-order chi connectivity index (χ0) is 18.9. The second-order valence-corrected chi connectivity index (χ2v) is 10.1. The minimum atomic E-state index is -0.930. The van der Waals surface area contributed by atoms with Gasteiger partial charge in [-0.2, -0.15) is 0 Å². The third-order valence-electron chi connectivity index (χ3n) is 4.44. The number of carbonyl (C=O) groups excluding carboxylic acids is 2. The van der Waals surface area contributed by atoms with Gasteiger partial charge in [0.1, 0.15) is 17.2 Å². The van der Waals surface area contributed by atoms with E-state index in [2.05, 4.69) is 27.9 Å². The van der Waals surface area contributed by atoms with Gasteiger partial charge >= 0.3 is 5.97 Å². The van der Waals surface area contributed by atoms with E-state index in [0.29, 0.717) is 11.5 Å². The van der Waals surface area contributed by atoms with Gasteiger partial charge in [-0.1, -0.05) is 40.8 Å². The van der Waals surface area contributed by atoms with E-state index in [9.17, 15) is 14.4 Å². The molecule has 0 bridgehead atoms. The number of para-hydroxylation sites is 1. The van der Waals surface area contributed by atoms with Crippen molar-refractivity contribution in [3.8, 4) is 5.75 Å². The minimum Gasteiger partial charge on any atom is -0.484 e. The topological polar surface area (TPSA) is 95.9 Å². The van der Waals surface area contributed by atoms with Crippen LogP contribution in [0.2, 0.25) is 0 Å². The number of hydrogen-bond acceptors (Lipinski definition) is 5. The number of amides is 2. The lowest BCUT2D eigenvalue weighted by molar-refractivity contribution is -0.156. The number of ether oxygens (including phenoxy) is 1. The van der Waals surface area contributed by atoms with Gasteiger partial charge in [0, 0.05) is 9.17 Å². The predicted octanol–water partition coefficient (Wildman–Crippen LogP) is 1.50. The van der Waals surface area contributed by atoms with Crippen molar-refractivity contribution in [2.45, 2.75) is 34.2 Å². The SMILES string of the molecule is C[C@@]1(I)CS[C@H]2[C@H](NC(=O)COc3ccccc3)C(=O)N2[C@H]1CC(=O)O. The summed E-state index contributed by atoms with van der Waals surface area (Å²) in [4.78, 5) is 37.5. The summed E-state index contributed by atoms with van der Waals surface area (Å²) >= 11 is 3.79. The molecule has 26 heavy (non-hydrogen) atoms. The number of rotatable bonds is 6. The molecule has 0 spiro atoms. The number of aliphatic carboxylic acids is 1. The van der Waals surface area contributed by atoms with Crippen LogP contribution in [0.3, 0.4) is 0 Å². The second-order valence-electron chi connectivity index (χ2n) is 6.49. The summed E-state index contributed by atoms with van der Waals surface area (Å²) in [5, 5.41) is 11.7. The number of carboxylic acid groups (broad SMARTS) is 1. The van der Waals surface area contributed by atoms with Crippen LogP contribution < -0.4 is 10.1 Å². The van der Waals surface area contributed by atoms with E-state index >= 15 is 0 Å². The normalized spacial score (nSPS) is 30.2. The molecule has 2 saturated heterocycles. The molecule has 0 aliphatic carbocycles. The fourth-order valence-corrected chi connectivity index (χ4v) is 5.66. The lowest BCUT2D eigenvalue weighted by Crippen LogP contribution is -2.76. The maximum atomic E-state index is 12.5. The molecule has 2 aliphatic heterocycles. The number of β-lactam (4-membered cyclic amide) rings is 1. The Hall–Kier alpha value is -1.49. The van der Waals surface area contributed by atoms with Crippen LogP contribution in [-0.4, -0.2) is 61.0 Å². The molecule has 1 aromatic carbocycles. The maximum Gasteiger partial charge on any atom is 0.305 e. The summed E-state index contributed by atoms with van der Waals surface area (Å²) in [7, 11) is 0. The summed E-state index contributed by atoms with van der Waals surface area (Å²) in [6.07, 6.45) is -0.0972. The molecule has 4 atom stereocenters. The predicted molar refractivity (Wildman–Crippen MR) is 105 cm³/mol. The molecular formula is C17H19IN2O5S. The maximum absolute atomic E-state index is 12.5. The Labute approximate surface area is 169 Å². The molecule has 0 radical (unpaired) electrons. The van der Waals surface area contributed by atoms with Crippen LogP contribution in [0.4, 0.5) is 0 Å². The van der Waals surface area contributed by atoms with Crippen LogP contribution in [0.5, 0.6) is 5.75 Å². The van der Waals surface area contributed by atoms with Crippen LogP contribution >= 0.6 is 34.4 Å². The molecule has 2 amide bonds. The quantitative estimate of drug-likeness (QED) is 0.357. The average Bonchev–Trinajstić information content (AvgIpc) is 2.60. The lowest BCUT2D eigenvalue weighted by atomic mass is 9.92. The lowest BCUT2D eigenvalue weighted by Gasteiger charge is -2.57. The summed E-state index contributed by atoms with van der Waals surface area (Å²) < 4.78 is 5.07. The highest BCUT2D eigenvalue weighted by Crippen LogP contribution is 2.46. The Morgan fingerprint density at radius 3 is 2.77 bits per heavy atom. The molecule has 2 fully saturated rings. The fourth-order valence-electron chi connectivity index (χ4n) is 3.12. The Balaban J connectivity index is 1.59. The number of halogens is 1. The van der Waals surface area contributed by atoms with Gasteiger partial charge in [0.25, 0.3) is 5.91 Å². The third kappa shape index (κ3) is 3.93. The first-order valence-corrected chi connectivity index (χ1v) is 10.2. The molecule has 0 aromatic heterocycles. The van der Waals surface area contributed by atoms with E-state index in [1.807, 2.05) is 25.1 Å². The zero-order valence-electron chi connectivity index (χ0n) is 14.1. The highest BCUT2D eigenvalue weighted by molar-refractivity contribution is 14.1. The van der Waals surface area contributed by atoms with Crippen molar-refractivity contribution in [3.05, 3.63) is 30.3 Å². The van der Waals surface area contributed by atoms with Gasteiger partial charge in [0.05, 0.1) is 12.5 Å². The molecule has 2 aliphatic rings.